The lowest BCUT2D eigenvalue weighted by atomic mass is 9.86. The fraction of sp³-hybridized carbons (Fsp3) is 0.417. The number of aliphatic carboxylic acids is 1. The van der Waals surface area contributed by atoms with Gasteiger partial charge in [-0.2, -0.15) is 0 Å². The van der Waals surface area contributed by atoms with Crippen molar-refractivity contribution in [1.82, 2.24) is 0 Å². The Bertz CT molecular complexity index is 454. The molecule has 1 aromatic rings. The molecule has 5 nitrogen and oxygen atoms in total. The number of carboxylic acids is 1. The molecule has 1 N–H and O–H groups in total. The van der Waals surface area contributed by atoms with Gasteiger partial charge in [0.1, 0.15) is 0 Å². The summed E-state index contributed by atoms with van der Waals surface area (Å²) in [7, 11) is 0. The van der Waals surface area contributed by atoms with Gasteiger partial charge in [-0.05, 0) is 24.0 Å². The van der Waals surface area contributed by atoms with E-state index in [2.05, 4.69) is 0 Å². The second kappa shape index (κ2) is 4.95. The number of nitro groups is 1. The molecule has 0 aromatic heterocycles. The van der Waals surface area contributed by atoms with Gasteiger partial charge in [0, 0.05) is 12.1 Å². The number of non-ortho nitro benzene ring substituents is 1. The van der Waals surface area contributed by atoms with Gasteiger partial charge in [0.15, 0.2) is 0 Å². The van der Waals surface area contributed by atoms with Crippen LogP contribution in [0.3, 0.4) is 0 Å². The Labute approximate surface area is 99.2 Å². The molecule has 0 fully saturated rings. The van der Waals surface area contributed by atoms with E-state index in [0.717, 1.165) is 5.56 Å². The molecule has 1 unspecified atom stereocenters. The van der Waals surface area contributed by atoms with Crippen molar-refractivity contribution in [2.75, 3.05) is 0 Å². The Balaban J connectivity index is 3.31. The van der Waals surface area contributed by atoms with Crippen molar-refractivity contribution in [2.45, 2.75) is 26.7 Å². The van der Waals surface area contributed by atoms with Crippen LogP contribution in [-0.2, 0) is 4.79 Å². The van der Waals surface area contributed by atoms with Gasteiger partial charge in [0.05, 0.1) is 10.8 Å². The average Bonchev–Trinajstić information content (AvgIpc) is 2.19. The summed E-state index contributed by atoms with van der Waals surface area (Å²) in [6.45, 7) is 5.34. The highest BCUT2D eigenvalue weighted by Gasteiger charge is 2.26. The molecule has 0 amide bonds. The highest BCUT2D eigenvalue weighted by molar-refractivity contribution is 5.77. The van der Waals surface area contributed by atoms with Crippen molar-refractivity contribution in [3.63, 3.8) is 0 Å². The van der Waals surface area contributed by atoms with E-state index in [1.165, 1.54) is 12.1 Å². The first kappa shape index (κ1) is 13.2. The van der Waals surface area contributed by atoms with Gasteiger partial charge < -0.3 is 5.11 Å². The summed E-state index contributed by atoms with van der Waals surface area (Å²) >= 11 is 0. The third-order valence-corrected chi connectivity index (χ3v) is 2.74. The molecule has 0 saturated heterocycles. The third-order valence-electron chi connectivity index (χ3n) is 2.74. The Morgan fingerprint density at radius 3 is 2.41 bits per heavy atom. The number of hydrogen-bond acceptors (Lipinski definition) is 3. The first-order valence-corrected chi connectivity index (χ1v) is 5.32. The minimum Gasteiger partial charge on any atom is -0.481 e. The van der Waals surface area contributed by atoms with Crippen LogP contribution in [0.25, 0.3) is 0 Å². The number of carbonyl (C=O) groups is 1. The lowest BCUT2D eigenvalue weighted by Gasteiger charge is -2.18. The third kappa shape index (κ3) is 2.81. The molecule has 1 atom stereocenters. The van der Waals surface area contributed by atoms with E-state index in [9.17, 15) is 20.0 Å². The standard InChI is InChI=1S/C12H15NO4/c1-7(2)11(12(14)15)10-6-9(13(16)17)5-4-8(10)3/h4-7,11H,1-3H3,(H,14,15). The first-order chi connectivity index (χ1) is 7.84. The van der Waals surface area contributed by atoms with Crippen molar-refractivity contribution in [1.29, 1.82) is 0 Å². The van der Waals surface area contributed by atoms with Gasteiger partial charge in [-0.3, -0.25) is 14.9 Å². The molecular weight excluding hydrogens is 222 g/mol. The molecule has 0 heterocycles. The minimum absolute atomic E-state index is 0.0718. The highest BCUT2D eigenvalue weighted by Crippen LogP contribution is 2.30. The lowest BCUT2D eigenvalue weighted by Crippen LogP contribution is -2.18. The fourth-order valence-corrected chi connectivity index (χ4v) is 1.85. The van der Waals surface area contributed by atoms with Crippen molar-refractivity contribution in [3.05, 3.63) is 39.4 Å². The van der Waals surface area contributed by atoms with Crippen molar-refractivity contribution >= 4 is 11.7 Å². The second-order valence-corrected chi connectivity index (χ2v) is 4.36. The van der Waals surface area contributed by atoms with Crippen LogP contribution in [0.2, 0.25) is 0 Å². The Morgan fingerprint density at radius 1 is 1.41 bits per heavy atom. The smallest absolute Gasteiger partial charge is 0.311 e. The Morgan fingerprint density at radius 2 is 2.00 bits per heavy atom. The van der Waals surface area contributed by atoms with Crippen molar-refractivity contribution in [3.8, 4) is 0 Å². The quantitative estimate of drug-likeness (QED) is 0.644. The van der Waals surface area contributed by atoms with Gasteiger partial charge in [0.25, 0.3) is 5.69 Å². The number of benzene rings is 1. The molecule has 0 saturated carbocycles. The van der Waals surface area contributed by atoms with Gasteiger partial charge in [-0.25, -0.2) is 0 Å². The summed E-state index contributed by atoms with van der Waals surface area (Å²) in [6, 6.07) is 4.33. The first-order valence-electron chi connectivity index (χ1n) is 5.32. The summed E-state index contributed by atoms with van der Waals surface area (Å²) in [5.41, 5.74) is 1.20. The molecule has 0 radical (unpaired) electrons. The van der Waals surface area contributed by atoms with E-state index in [-0.39, 0.29) is 11.6 Å². The average molecular weight is 237 g/mol. The van der Waals surface area contributed by atoms with Crippen molar-refractivity contribution in [2.24, 2.45) is 5.92 Å². The molecule has 0 spiro atoms. The molecule has 0 aliphatic heterocycles. The van der Waals surface area contributed by atoms with Crippen LogP contribution in [0, 0.1) is 23.0 Å². The van der Waals surface area contributed by atoms with Gasteiger partial charge >= 0.3 is 5.97 Å². The van der Waals surface area contributed by atoms with Gasteiger partial charge in [-0.15, -0.1) is 0 Å². The van der Waals surface area contributed by atoms with Gasteiger partial charge in [-0.1, -0.05) is 19.9 Å². The van der Waals surface area contributed by atoms with Crippen LogP contribution in [0.5, 0.6) is 0 Å². The number of aryl methyl sites for hydroxylation is 1. The van der Waals surface area contributed by atoms with E-state index >= 15 is 0 Å². The lowest BCUT2D eigenvalue weighted by molar-refractivity contribution is -0.384. The number of nitro benzene ring substituents is 1. The number of nitrogens with zero attached hydrogens (tertiary/aromatic N) is 1. The predicted octanol–water partition coefficient (Wildman–Crippen LogP) is 2.73. The zero-order valence-corrected chi connectivity index (χ0v) is 10.0. The normalized spacial score (nSPS) is 12.5. The van der Waals surface area contributed by atoms with Crippen LogP contribution in [0.15, 0.2) is 18.2 Å². The van der Waals surface area contributed by atoms with Crippen LogP contribution in [-0.4, -0.2) is 16.0 Å². The monoisotopic (exact) mass is 237 g/mol. The summed E-state index contributed by atoms with van der Waals surface area (Å²) in [6.07, 6.45) is 0. The number of rotatable bonds is 4. The maximum Gasteiger partial charge on any atom is 0.311 e. The fourth-order valence-electron chi connectivity index (χ4n) is 1.85. The van der Waals surface area contributed by atoms with E-state index in [1.54, 1.807) is 26.8 Å². The molecule has 0 aliphatic rings. The number of carboxylic acid groups (broad SMARTS) is 1. The zero-order valence-electron chi connectivity index (χ0n) is 10.0. The topological polar surface area (TPSA) is 80.4 Å². The van der Waals surface area contributed by atoms with E-state index < -0.39 is 16.8 Å². The molecule has 1 rings (SSSR count). The van der Waals surface area contributed by atoms with E-state index in [0.29, 0.717) is 5.56 Å². The highest BCUT2D eigenvalue weighted by atomic mass is 16.6. The molecule has 92 valence electrons. The summed E-state index contributed by atoms with van der Waals surface area (Å²) in [5.74, 6) is -1.79. The second-order valence-electron chi connectivity index (χ2n) is 4.36. The zero-order chi connectivity index (χ0) is 13.2. The maximum absolute atomic E-state index is 11.2. The van der Waals surface area contributed by atoms with E-state index in [1.807, 2.05) is 0 Å². The Kier molecular flexibility index (Phi) is 3.83. The molecule has 0 aliphatic carbocycles. The van der Waals surface area contributed by atoms with Crippen LogP contribution in [0.4, 0.5) is 5.69 Å². The van der Waals surface area contributed by atoms with Crippen LogP contribution in [0.1, 0.15) is 30.9 Å². The predicted molar refractivity (Wildman–Crippen MR) is 63.0 cm³/mol. The van der Waals surface area contributed by atoms with E-state index in [4.69, 9.17) is 0 Å². The summed E-state index contributed by atoms with van der Waals surface area (Å²) in [5, 5.41) is 19.9. The largest absolute Gasteiger partial charge is 0.481 e. The molecular formula is C12H15NO4. The van der Waals surface area contributed by atoms with Crippen molar-refractivity contribution < 1.29 is 14.8 Å². The molecule has 5 heteroatoms. The van der Waals surface area contributed by atoms with Crippen LogP contribution < -0.4 is 0 Å². The van der Waals surface area contributed by atoms with Crippen LogP contribution >= 0.6 is 0 Å². The Hall–Kier alpha value is -1.91. The molecule has 1 aromatic carbocycles. The summed E-state index contributed by atoms with van der Waals surface area (Å²) < 4.78 is 0. The molecule has 17 heavy (non-hydrogen) atoms. The SMILES string of the molecule is Cc1ccc([N+](=O)[O-])cc1C(C(=O)O)C(C)C. The molecule has 0 bridgehead atoms. The minimum atomic E-state index is -0.955. The van der Waals surface area contributed by atoms with Gasteiger partial charge in [0.2, 0.25) is 0 Å². The maximum atomic E-state index is 11.2. The summed E-state index contributed by atoms with van der Waals surface area (Å²) in [4.78, 5) is 21.4. The number of hydrogen-bond donors (Lipinski definition) is 1.